The minimum absolute atomic E-state index is 0.286. The molecule has 0 fully saturated rings. The summed E-state index contributed by atoms with van der Waals surface area (Å²) < 4.78 is 10.1. The fourth-order valence-electron chi connectivity index (χ4n) is 2.19. The van der Waals surface area contributed by atoms with Crippen molar-refractivity contribution in [2.75, 3.05) is 11.9 Å². The normalized spacial score (nSPS) is 10.6. The summed E-state index contributed by atoms with van der Waals surface area (Å²) in [5.41, 5.74) is 1.41. The van der Waals surface area contributed by atoms with E-state index in [-0.39, 0.29) is 12.5 Å². The van der Waals surface area contributed by atoms with Crippen LogP contribution in [0.4, 0.5) is 5.00 Å². The van der Waals surface area contributed by atoms with E-state index in [1.165, 1.54) is 11.3 Å². The molecule has 1 amide bonds. The number of thiophene rings is 1. The Labute approximate surface area is 138 Å². The number of carbonyl (C=O) groups excluding carboxylic acids is 2. The summed E-state index contributed by atoms with van der Waals surface area (Å²) in [6.07, 6.45) is 1.37. The second kappa shape index (κ2) is 7.41. The molecule has 2 rings (SSSR count). The first-order valence-electron chi connectivity index (χ1n) is 7.58. The molecule has 0 aliphatic rings. The van der Waals surface area contributed by atoms with Gasteiger partial charge in [-0.15, -0.1) is 11.3 Å². The van der Waals surface area contributed by atoms with Crippen LogP contribution in [-0.2, 0) is 17.6 Å². The van der Waals surface area contributed by atoms with Crippen LogP contribution in [0, 0.1) is 6.92 Å². The van der Waals surface area contributed by atoms with Crippen molar-refractivity contribution < 1.29 is 18.8 Å². The number of aryl methyl sites for hydroxylation is 3. The molecule has 0 saturated heterocycles. The van der Waals surface area contributed by atoms with Gasteiger partial charge in [0.1, 0.15) is 16.3 Å². The molecule has 1 N–H and O–H groups in total. The van der Waals surface area contributed by atoms with Gasteiger partial charge in [0.15, 0.2) is 0 Å². The van der Waals surface area contributed by atoms with Crippen LogP contribution in [0.5, 0.6) is 0 Å². The van der Waals surface area contributed by atoms with E-state index in [4.69, 9.17) is 9.26 Å². The smallest absolute Gasteiger partial charge is 0.341 e. The van der Waals surface area contributed by atoms with Crippen molar-refractivity contribution in [3.8, 4) is 0 Å². The molecule has 0 saturated carbocycles. The van der Waals surface area contributed by atoms with E-state index in [1.54, 1.807) is 19.9 Å². The van der Waals surface area contributed by atoms with Crippen molar-refractivity contribution in [3.63, 3.8) is 0 Å². The Balaban J connectivity index is 2.31. The molecule has 7 heteroatoms. The Morgan fingerprint density at radius 3 is 2.65 bits per heavy atom. The highest BCUT2D eigenvalue weighted by Gasteiger charge is 2.23. The van der Waals surface area contributed by atoms with Crippen molar-refractivity contribution in [2.45, 2.75) is 40.5 Å². The minimum atomic E-state index is -0.434. The van der Waals surface area contributed by atoms with Gasteiger partial charge in [0.25, 0.3) is 5.91 Å². The molecule has 6 nitrogen and oxygen atoms in total. The molecule has 0 spiro atoms. The molecular weight excluding hydrogens is 316 g/mol. The fourth-order valence-corrected chi connectivity index (χ4v) is 3.16. The maximum Gasteiger partial charge on any atom is 0.341 e. The Kier molecular flexibility index (Phi) is 5.54. The first-order valence-corrected chi connectivity index (χ1v) is 8.39. The zero-order valence-electron chi connectivity index (χ0n) is 13.7. The molecule has 23 heavy (non-hydrogen) atoms. The summed E-state index contributed by atoms with van der Waals surface area (Å²) in [6, 6.07) is 1.76. The maximum atomic E-state index is 12.5. The van der Waals surface area contributed by atoms with Gasteiger partial charge < -0.3 is 14.6 Å². The number of nitrogens with one attached hydrogen (secondary N) is 1. The monoisotopic (exact) mass is 336 g/mol. The lowest BCUT2D eigenvalue weighted by Crippen LogP contribution is -2.16. The van der Waals surface area contributed by atoms with E-state index in [2.05, 4.69) is 10.5 Å². The van der Waals surface area contributed by atoms with Gasteiger partial charge in [-0.1, -0.05) is 19.0 Å². The van der Waals surface area contributed by atoms with Crippen molar-refractivity contribution in [2.24, 2.45) is 0 Å². The molecule has 0 aliphatic heterocycles. The standard InChI is InChI=1S/C16H20N2O4S/c1-5-10-8-11(16(20)21-7-3)15(23-10)17-14(19)13-9(4)22-18-12(13)6-2/h8H,5-7H2,1-4H3,(H,17,19). The predicted molar refractivity (Wildman–Crippen MR) is 88.2 cm³/mol. The van der Waals surface area contributed by atoms with Crippen molar-refractivity contribution in [3.05, 3.63) is 33.5 Å². The van der Waals surface area contributed by atoms with Crippen molar-refractivity contribution >= 4 is 28.2 Å². The van der Waals surface area contributed by atoms with Crippen LogP contribution >= 0.6 is 11.3 Å². The highest BCUT2D eigenvalue weighted by molar-refractivity contribution is 7.16. The summed E-state index contributed by atoms with van der Waals surface area (Å²) in [5.74, 6) is -0.295. The van der Waals surface area contributed by atoms with E-state index in [0.29, 0.717) is 34.0 Å². The number of hydrogen-bond acceptors (Lipinski definition) is 6. The molecular formula is C16H20N2O4S. The Hall–Kier alpha value is -2.15. The van der Waals surface area contributed by atoms with Gasteiger partial charge in [0.2, 0.25) is 0 Å². The zero-order chi connectivity index (χ0) is 17.0. The van der Waals surface area contributed by atoms with Crippen LogP contribution in [0.3, 0.4) is 0 Å². The number of hydrogen-bond donors (Lipinski definition) is 1. The number of amides is 1. The molecule has 0 unspecified atom stereocenters. The van der Waals surface area contributed by atoms with Crippen molar-refractivity contribution in [1.82, 2.24) is 5.16 Å². The van der Waals surface area contributed by atoms with E-state index < -0.39 is 5.97 Å². The average Bonchev–Trinajstić information content (AvgIpc) is 3.10. The van der Waals surface area contributed by atoms with Gasteiger partial charge in [-0.25, -0.2) is 4.79 Å². The summed E-state index contributed by atoms with van der Waals surface area (Å²) in [5, 5.41) is 7.18. The molecule has 0 bridgehead atoms. The second-order valence-electron chi connectivity index (χ2n) is 4.90. The lowest BCUT2D eigenvalue weighted by Gasteiger charge is -2.06. The molecule has 0 atom stereocenters. The van der Waals surface area contributed by atoms with E-state index in [9.17, 15) is 9.59 Å². The van der Waals surface area contributed by atoms with Gasteiger partial charge >= 0.3 is 5.97 Å². The molecule has 124 valence electrons. The summed E-state index contributed by atoms with van der Waals surface area (Å²) in [4.78, 5) is 25.6. The molecule has 2 heterocycles. The van der Waals surface area contributed by atoms with E-state index >= 15 is 0 Å². The highest BCUT2D eigenvalue weighted by Crippen LogP contribution is 2.30. The number of carbonyl (C=O) groups is 2. The number of esters is 1. The van der Waals surface area contributed by atoms with Crippen LogP contribution in [0.1, 0.15) is 57.8 Å². The van der Waals surface area contributed by atoms with Crippen molar-refractivity contribution in [1.29, 1.82) is 0 Å². The Bertz CT molecular complexity index is 718. The third kappa shape index (κ3) is 3.61. The largest absolute Gasteiger partial charge is 0.462 e. The number of rotatable bonds is 6. The lowest BCUT2D eigenvalue weighted by atomic mass is 10.1. The SMILES string of the molecule is CCOC(=O)c1cc(CC)sc1NC(=O)c1c(CC)noc1C. The summed E-state index contributed by atoms with van der Waals surface area (Å²) in [7, 11) is 0. The highest BCUT2D eigenvalue weighted by atomic mass is 32.1. The van der Waals surface area contributed by atoms with Gasteiger partial charge in [-0.3, -0.25) is 4.79 Å². The molecule has 2 aromatic heterocycles. The predicted octanol–water partition coefficient (Wildman–Crippen LogP) is 3.60. The average molecular weight is 336 g/mol. The zero-order valence-corrected chi connectivity index (χ0v) is 14.5. The van der Waals surface area contributed by atoms with Crippen LogP contribution < -0.4 is 5.32 Å². The Morgan fingerprint density at radius 1 is 1.30 bits per heavy atom. The lowest BCUT2D eigenvalue weighted by molar-refractivity contribution is 0.0528. The molecule has 0 aliphatic carbocycles. The minimum Gasteiger partial charge on any atom is -0.462 e. The van der Waals surface area contributed by atoms with Gasteiger partial charge in [-0.2, -0.15) is 0 Å². The number of ether oxygens (including phenoxy) is 1. The first kappa shape index (κ1) is 17.2. The number of anilines is 1. The molecule has 2 aromatic rings. The van der Waals surface area contributed by atoms with Crippen LogP contribution in [-0.4, -0.2) is 23.6 Å². The maximum absolute atomic E-state index is 12.5. The summed E-state index contributed by atoms with van der Waals surface area (Å²) >= 11 is 1.37. The van der Waals surface area contributed by atoms with E-state index in [1.807, 2.05) is 13.8 Å². The Morgan fingerprint density at radius 2 is 2.04 bits per heavy atom. The second-order valence-corrected chi connectivity index (χ2v) is 6.03. The fraction of sp³-hybridized carbons (Fsp3) is 0.438. The first-order chi connectivity index (χ1) is 11.0. The van der Waals surface area contributed by atoms with E-state index in [0.717, 1.165) is 11.3 Å². The third-order valence-corrected chi connectivity index (χ3v) is 4.54. The van der Waals surface area contributed by atoms with Crippen LogP contribution in [0.15, 0.2) is 10.6 Å². The van der Waals surface area contributed by atoms with Gasteiger partial charge in [0, 0.05) is 4.88 Å². The third-order valence-electron chi connectivity index (χ3n) is 3.35. The van der Waals surface area contributed by atoms with Crippen LogP contribution in [0.2, 0.25) is 0 Å². The topological polar surface area (TPSA) is 81.4 Å². The van der Waals surface area contributed by atoms with Crippen LogP contribution in [0.25, 0.3) is 0 Å². The summed E-state index contributed by atoms with van der Waals surface area (Å²) in [6.45, 7) is 7.62. The quantitative estimate of drug-likeness (QED) is 0.815. The molecule has 0 radical (unpaired) electrons. The van der Waals surface area contributed by atoms with Gasteiger partial charge in [0.05, 0.1) is 17.9 Å². The van der Waals surface area contributed by atoms with Gasteiger partial charge in [-0.05, 0) is 32.8 Å². The number of aromatic nitrogens is 1. The molecule has 0 aromatic carbocycles. The number of nitrogens with zero attached hydrogens (tertiary/aromatic N) is 1.